The Morgan fingerprint density at radius 3 is 2.44 bits per heavy atom. The van der Waals surface area contributed by atoms with Crippen LogP contribution in [0.5, 0.6) is 0 Å². The lowest BCUT2D eigenvalue weighted by molar-refractivity contribution is -0.159. The van der Waals surface area contributed by atoms with Gasteiger partial charge in [0.2, 0.25) is 0 Å². The third kappa shape index (κ3) is 3.10. The number of carboxylic acid groups (broad SMARTS) is 2. The summed E-state index contributed by atoms with van der Waals surface area (Å²) < 4.78 is 0. The first-order valence-electron chi connectivity index (χ1n) is 11.2. The number of fused-ring (bicyclic) bond motifs is 5. The molecule has 174 valence electrons. The Balaban J connectivity index is 1.79. The highest BCUT2D eigenvalue weighted by atomic mass is 16.4. The fraction of sp³-hybridized carbons (Fsp3) is 0.667. The van der Waals surface area contributed by atoms with Crippen molar-refractivity contribution in [3.8, 4) is 0 Å². The van der Waals surface area contributed by atoms with Crippen molar-refractivity contribution < 1.29 is 39.6 Å². The van der Waals surface area contributed by atoms with E-state index in [1.807, 2.05) is 19.9 Å². The minimum absolute atomic E-state index is 0.0639. The Hall–Kier alpha value is -2.32. The maximum Gasteiger partial charge on any atom is 0.318 e. The molecule has 0 aromatic heterocycles. The molecule has 2 unspecified atom stereocenters. The van der Waals surface area contributed by atoms with Crippen LogP contribution in [0.3, 0.4) is 0 Å². The molecule has 0 amide bonds. The molecule has 0 aromatic carbocycles. The third-order valence-corrected chi connectivity index (χ3v) is 9.06. The number of carbonyl (C=O) groups excluding carboxylic acids is 2. The number of rotatable bonds is 5. The number of aliphatic hydroxyl groups excluding tert-OH is 2. The lowest BCUT2D eigenvalue weighted by Crippen LogP contribution is -2.56. The fourth-order valence-electron chi connectivity index (χ4n) is 7.93. The van der Waals surface area contributed by atoms with Crippen LogP contribution < -0.4 is 0 Å². The van der Waals surface area contributed by atoms with Crippen molar-refractivity contribution in [2.24, 2.45) is 46.3 Å². The zero-order valence-electron chi connectivity index (χ0n) is 18.2. The van der Waals surface area contributed by atoms with E-state index in [4.69, 9.17) is 0 Å². The Labute approximate surface area is 186 Å². The van der Waals surface area contributed by atoms with Gasteiger partial charge in [0, 0.05) is 17.3 Å². The molecule has 0 aliphatic heterocycles. The highest BCUT2D eigenvalue weighted by Gasteiger charge is 2.66. The molecule has 3 saturated carbocycles. The molecular weight excluding hydrogens is 416 g/mol. The number of ketones is 2. The van der Waals surface area contributed by atoms with E-state index in [1.54, 1.807) is 6.08 Å². The summed E-state index contributed by atoms with van der Waals surface area (Å²) >= 11 is 0. The van der Waals surface area contributed by atoms with Crippen LogP contribution in [0.2, 0.25) is 0 Å². The molecule has 0 radical (unpaired) electrons. The van der Waals surface area contributed by atoms with Crippen molar-refractivity contribution in [3.63, 3.8) is 0 Å². The zero-order chi connectivity index (χ0) is 23.6. The van der Waals surface area contributed by atoms with E-state index < -0.39 is 59.0 Å². The number of Topliss-reactive ketones (excluding diaryl/α,β-unsaturated/α-hetero) is 1. The number of aliphatic hydroxyl groups is 2. The van der Waals surface area contributed by atoms with Gasteiger partial charge in [0.25, 0.3) is 0 Å². The SMILES string of the molecule is C[C@]12CC(O)[C@H]3[C@@H](CCC4=CC(=O)C=C[C@@]43C)[C@@H]1CC(C(C(=O)O)C(=O)O)[C@@H]2C(=O)CO. The summed E-state index contributed by atoms with van der Waals surface area (Å²) in [6.07, 6.45) is 5.97. The number of hydrogen-bond donors (Lipinski definition) is 4. The van der Waals surface area contributed by atoms with Crippen LogP contribution in [0.4, 0.5) is 0 Å². The molecule has 0 saturated heterocycles. The summed E-state index contributed by atoms with van der Waals surface area (Å²) in [5, 5.41) is 40.3. The molecular formula is C24H30O8. The summed E-state index contributed by atoms with van der Waals surface area (Å²) in [4.78, 5) is 48.5. The molecule has 8 atom stereocenters. The largest absolute Gasteiger partial charge is 0.481 e. The normalized spacial score (nSPS) is 42.7. The maximum absolute atomic E-state index is 12.9. The number of allylic oxidation sites excluding steroid dienone is 4. The van der Waals surface area contributed by atoms with Crippen molar-refractivity contribution in [2.75, 3.05) is 6.61 Å². The summed E-state index contributed by atoms with van der Waals surface area (Å²) in [7, 11) is 0. The van der Waals surface area contributed by atoms with Gasteiger partial charge in [0.15, 0.2) is 17.5 Å². The van der Waals surface area contributed by atoms with Gasteiger partial charge in [-0.3, -0.25) is 19.2 Å². The zero-order valence-corrected chi connectivity index (χ0v) is 18.2. The predicted molar refractivity (Wildman–Crippen MR) is 111 cm³/mol. The quantitative estimate of drug-likeness (QED) is 0.464. The van der Waals surface area contributed by atoms with Gasteiger partial charge in [-0.2, -0.15) is 0 Å². The van der Waals surface area contributed by atoms with E-state index in [0.717, 1.165) is 5.57 Å². The lowest BCUT2D eigenvalue weighted by Gasteiger charge is -2.58. The number of carbonyl (C=O) groups is 4. The molecule has 0 heterocycles. The van der Waals surface area contributed by atoms with Crippen molar-refractivity contribution in [2.45, 2.75) is 45.6 Å². The van der Waals surface area contributed by atoms with Crippen LogP contribution in [0.1, 0.15) is 39.5 Å². The maximum atomic E-state index is 12.9. The van der Waals surface area contributed by atoms with E-state index in [-0.39, 0.29) is 36.4 Å². The molecule has 8 nitrogen and oxygen atoms in total. The Morgan fingerprint density at radius 2 is 1.84 bits per heavy atom. The van der Waals surface area contributed by atoms with Crippen LogP contribution in [-0.2, 0) is 19.2 Å². The molecule has 4 rings (SSSR count). The van der Waals surface area contributed by atoms with Crippen molar-refractivity contribution in [1.82, 2.24) is 0 Å². The molecule has 4 aliphatic carbocycles. The molecule has 4 N–H and O–H groups in total. The molecule has 4 aliphatic rings. The van der Waals surface area contributed by atoms with E-state index in [0.29, 0.717) is 12.8 Å². The van der Waals surface area contributed by atoms with Crippen LogP contribution in [0, 0.1) is 46.3 Å². The van der Waals surface area contributed by atoms with Gasteiger partial charge in [-0.1, -0.05) is 25.5 Å². The predicted octanol–water partition coefficient (Wildman–Crippen LogP) is 1.45. The van der Waals surface area contributed by atoms with E-state index >= 15 is 0 Å². The molecule has 0 spiro atoms. The average molecular weight is 446 g/mol. The lowest BCUT2D eigenvalue weighted by atomic mass is 9.46. The van der Waals surface area contributed by atoms with Crippen molar-refractivity contribution in [3.05, 3.63) is 23.8 Å². The Bertz CT molecular complexity index is 920. The summed E-state index contributed by atoms with van der Waals surface area (Å²) in [6.45, 7) is 3.05. The smallest absolute Gasteiger partial charge is 0.318 e. The van der Waals surface area contributed by atoms with Crippen LogP contribution >= 0.6 is 0 Å². The van der Waals surface area contributed by atoms with Gasteiger partial charge in [0.05, 0.1) is 6.10 Å². The third-order valence-electron chi connectivity index (χ3n) is 9.06. The molecule has 3 fully saturated rings. The minimum atomic E-state index is -1.75. The van der Waals surface area contributed by atoms with Gasteiger partial charge in [0.1, 0.15) is 6.61 Å². The average Bonchev–Trinajstić information content (AvgIpc) is 2.99. The van der Waals surface area contributed by atoms with Gasteiger partial charge in [-0.25, -0.2) is 0 Å². The van der Waals surface area contributed by atoms with Crippen LogP contribution in [0.15, 0.2) is 23.8 Å². The Morgan fingerprint density at radius 1 is 1.19 bits per heavy atom. The Kier molecular flexibility index (Phi) is 5.45. The van der Waals surface area contributed by atoms with E-state index in [1.165, 1.54) is 6.08 Å². The second kappa shape index (κ2) is 7.63. The number of carboxylic acids is 2. The first-order valence-corrected chi connectivity index (χ1v) is 11.2. The van der Waals surface area contributed by atoms with Crippen LogP contribution in [-0.4, -0.2) is 56.6 Å². The molecule has 0 bridgehead atoms. The van der Waals surface area contributed by atoms with Gasteiger partial charge in [-0.05, 0) is 61.0 Å². The summed E-state index contributed by atoms with van der Waals surface area (Å²) in [6, 6.07) is 0. The first kappa shape index (κ1) is 22.9. The molecule has 32 heavy (non-hydrogen) atoms. The summed E-state index contributed by atoms with van der Waals surface area (Å²) in [5.74, 6) is -7.76. The number of hydrogen-bond acceptors (Lipinski definition) is 6. The van der Waals surface area contributed by atoms with Gasteiger partial charge in [-0.15, -0.1) is 0 Å². The monoisotopic (exact) mass is 446 g/mol. The fourth-order valence-corrected chi connectivity index (χ4v) is 7.93. The van der Waals surface area contributed by atoms with Crippen molar-refractivity contribution in [1.29, 1.82) is 0 Å². The second-order valence-corrected chi connectivity index (χ2v) is 10.5. The molecule has 8 heteroatoms. The van der Waals surface area contributed by atoms with Crippen LogP contribution in [0.25, 0.3) is 0 Å². The topological polar surface area (TPSA) is 149 Å². The highest BCUT2D eigenvalue weighted by Crippen LogP contribution is 2.68. The van der Waals surface area contributed by atoms with Gasteiger partial charge >= 0.3 is 11.9 Å². The standard InChI is InChI=1S/C24H30O8/c1-23-6-5-12(26)7-11(23)3-4-13-15-8-14(18(21(29)30)22(31)32)20(17(28)10-25)24(15,2)9-16(27)19(13)23/h5-7,13-16,18-20,25,27H,3-4,8-10H2,1-2H3,(H,29,30)(H,31,32)/t13-,14?,15-,16?,19+,20+,23-,24-/m0/s1. The molecule has 0 aromatic rings. The number of aliphatic carboxylic acids is 2. The van der Waals surface area contributed by atoms with E-state index in [9.17, 15) is 39.6 Å². The van der Waals surface area contributed by atoms with Gasteiger partial charge < -0.3 is 20.4 Å². The van der Waals surface area contributed by atoms with E-state index in [2.05, 4.69) is 0 Å². The highest BCUT2D eigenvalue weighted by molar-refractivity contribution is 6.01. The van der Waals surface area contributed by atoms with Crippen molar-refractivity contribution >= 4 is 23.5 Å². The summed E-state index contributed by atoms with van der Waals surface area (Å²) in [5.41, 5.74) is -0.370. The first-order chi connectivity index (χ1) is 15.0. The minimum Gasteiger partial charge on any atom is -0.481 e. The second-order valence-electron chi connectivity index (χ2n) is 10.5.